The zero-order valence-electron chi connectivity index (χ0n) is 10.3. The van der Waals surface area contributed by atoms with Crippen LogP contribution in [0.4, 0.5) is 0 Å². The summed E-state index contributed by atoms with van der Waals surface area (Å²) in [6.07, 6.45) is 1.12. The van der Waals surface area contributed by atoms with Crippen molar-refractivity contribution >= 4 is 5.97 Å². The number of esters is 1. The van der Waals surface area contributed by atoms with E-state index in [0.29, 0.717) is 19.3 Å². The third-order valence-electron chi connectivity index (χ3n) is 2.46. The van der Waals surface area contributed by atoms with Crippen molar-refractivity contribution in [3.05, 3.63) is 0 Å². The van der Waals surface area contributed by atoms with Gasteiger partial charge in [-0.25, -0.2) is 4.79 Å². The predicted molar refractivity (Wildman–Crippen MR) is 59.8 cm³/mol. The smallest absolute Gasteiger partial charge is 0.332 e. The van der Waals surface area contributed by atoms with E-state index >= 15 is 0 Å². The molecule has 0 aliphatic carbocycles. The van der Waals surface area contributed by atoms with Gasteiger partial charge in [0.05, 0.1) is 13.2 Å². The van der Waals surface area contributed by atoms with Crippen molar-refractivity contribution in [2.45, 2.75) is 33.2 Å². The lowest BCUT2D eigenvalue weighted by atomic mass is 10.2. The Labute approximate surface area is 92.5 Å². The summed E-state index contributed by atoms with van der Waals surface area (Å²) in [5.74, 6) is -0.288. The Balaban J connectivity index is 3.41. The molecular weight excluding hydrogens is 194 g/mol. The second-order valence-electron chi connectivity index (χ2n) is 3.60. The predicted octanol–water partition coefficient (Wildman–Crippen LogP) is 1.30. The molecule has 0 aliphatic heterocycles. The summed E-state index contributed by atoms with van der Waals surface area (Å²) in [7, 11) is 2.06. The van der Waals surface area contributed by atoms with Crippen molar-refractivity contribution in [3.8, 4) is 0 Å². The van der Waals surface area contributed by atoms with E-state index in [1.54, 1.807) is 6.92 Å². The number of nitrogens with zero attached hydrogens (tertiary/aromatic N) is 1. The molecule has 0 aromatic heterocycles. The number of rotatable bonds is 8. The zero-order valence-corrected chi connectivity index (χ0v) is 10.3. The van der Waals surface area contributed by atoms with Crippen LogP contribution in [0.1, 0.15) is 27.2 Å². The van der Waals surface area contributed by atoms with Gasteiger partial charge in [-0.1, -0.05) is 6.92 Å². The topological polar surface area (TPSA) is 38.8 Å². The molecule has 15 heavy (non-hydrogen) atoms. The minimum atomic E-state index is -0.288. The van der Waals surface area contributed by atoms with E-state index in [0.717, 1.165) is 13.0 Å². The third-order valence-corrected chi connectivity index (χ3v) is 2.46. The quantitative estimate of drug-likeness (QED) is 0.454. The van der Waals surface area contributed by atoms with Gasteiger partial charge in [0.15, 0.2) is 0 Å². The highest BCUT2D eigenvalue weighted by Crippen LogP contribution is 1.98. The van der Waals surface area contributed by atoms with Gasteiger partial charge >= 0.3 is 5.97 Å². The summed E-state index contributed by atoms with van der Waals surface area (Å²) < 4.78 is 9.94. The maximum Gasteiger partial charge on any atom is 0.332 e. The summed E-state index contributed by atoms with van der Waals surface area (Å²) in [6, 6.07) is 0.552. The standard InChI is InChI=1S/C11H23NO3/c1-5-10(3)12(4)7-8-14-9-11(13)15-6-2/h10H,5-9H2,1-4H3. The van der Waals surface area contributed by atoms with Gasteiger partial charge in [0.25, 0.3) is 0 Å². The Morgan fingerprint density at radius 3 is 2.60 bits per heavy atom. The molecular formula is C11H23NO3. The first-order valence-electron chi connectivity index (χ1n) is 5.55. The fourth-order valence-corrected chi connectivity index (χ4v) is 1.10. The van der Waals surface area contributed by atoms with Crippen molar-refractivity contribution in [3.63, 3.8) is 0 Å². The molecule has 0 saturated heterocycles. The molecule has 0 radical (unpaired) electrons. The van der Waals surface area contributed by atoms with Crippen LogP contribution in [0.25, 0.3) is 0 Å². The first-order chi connectivity index (χ1) is 7.11. The van der Waals surface area contributed by atoms with Crippen LogP contribution < -0.4 is 0 Å². The van der Waals surface area contributed by atoms with Crippen LogP contribution in [-0.2, 0) is 14.3 Å². The van der Waals surface area contributed by atoms with E-state index in [1.165, 1.54) is 0 Å². The average Bonchev–Trinajstić information content (AvgIpc) is 2.23. The van der Waals surface area contributed by atoms with Gasteiger partial charge in [-0.05, 0) is 27.3 Å². The molecule has 0 saturated carbocycles. The number of hydrogen-bond donors (Lipinski definition) is 0. The molecule has 0 fully saturated rings. The van der Waals surface area contributed by atoms with Crippen molar-refractivity contribution in [1.82, 2.24) is 4.90 Å². The molecule has 0 aromatic carbocycles. The number of carbonyl (C=O) groups is 1. The van der Waals surface area contributed by atoms with Crippen molar-refractivity contribution in [1.29, 1.82) is 0 Å². The van der Waals surface area contributed by atoms with E-state index in [1.807, 2.05) is 0 Å². The number of ether oxygens (including phenoxy) is 2. The van der Waals surface area contributed by atoms with Crippen LogP contribution in [0.15, 0.2) is 0 Å². The molecule has 0 N–H and O–H groups in total. The normalized spacial score (nSPS) is 12.9. The first-order valence-corrected chi connectivity index (χ1v) is 5.55. The zero-order chi connectivity index (χ0) is 11.7. The van der Waals surface area contributed by atoms with Crippen LogP contribution in [0.2, 0.25) is 0 Å². The summed E-state index contributed by atoms with van der Waals surface area (Å²) in [5, 5.41) is 0. The Bertz CT molecular complexity index is 173. The SMILES string of the molecule is CCOC(=O)COCCN(C)C(C)CC. The van der Waals surface area contributed by atoms with Crippen LogP contribution >= 0.6 is 0 Å². The molecule has 0 aromatic rings. The van der Waals surface area contributed by atoms with Crippen LogP contribution in [0.5, 0.6) is 0 Å². The maximum atomic E-state index is 10.9. The molecule has 0 bridgehead atoms. The van der Waals surface area contributed by atoms with E-state index < -0.39 is 0 Å². The molecule has 4 heteroatoms. The lowest BCUT2D eigenvalue weighted by Gasteiger charge is -2.22. The van der Waals surface area contributed by atoms with Gasteiger partial charge in [0.1, 0.15) is 6.61 Å². The van der Waals surface area contributed by atoms with Gasteiger partial charge < -0.3 is 14.4 Å². The lowest BCUT2D eigenvalue weighted by Crippen LogP contribution is -2.32. The Kier molecular flexibility index (Phi) is 8.33. The third kappa shape index (κ3) is 7.33. The summed E-state index contributed by atoms with van der Waals surface area (Å²) in [4.78, 5) is 13.1. The van der Waals surface area contributed by atoms with Crippen molar-refractivity contribution in [2.75, 3.05) is 33.4 Å². The van der Waals surface area contributed by atoms with Crippen LogP contribution in [0, 0.1) is 0 Å². The number of carbonyl (C=O) groups excluding carboxylic acids is 1. The fraction of sp³-hybridized carbons (Fsp3) is 0.909. The Morgan fingerprint density at radius 2 is 2.07 bits per heavy atom. The van der Waals surface area contributed by atoms with Gasteiger partial charge in [0, 0.05) is 12.6 Å². The molecule has 0 amide bonds. The maximum absolute atomic E-state index is 10.9. The second-order valence-corrected chi connectivity index (χ2v) is 3.60. The van der Waals surface area contributed by atoms with Crippen molar-refractivity contribution in [2.24, 2.45) is 0 Å². The molecule has 0 aliphatic rings. The molecule has 0 rings (SSSR count). The summed E-state index contributed by atoms with van der Waals surface area (Å²) >= 11 is 0. The molecule has 0 spiro atoms. The highest BCUT2D eigenvalue weighted by molar-refractivity contribution is 5.70. The van der Waals surface area contributed by atoms with E-state index in [2.05, 4.69) is 25.8 Å². The first kappa shape index (κ1) is 14.4. The molecule has 0 heterocycles. The summed E-state index contributed by atoms with van der Waals surface area (Å²) in [6.45, 7) is 7.99. The highest BCUT2D eigenvalue weighted by Gasteiger charge is 2.06. The number of likely N-dealkylation sites (N-methyl/N-ethyl adjacent to an activating group) is 1. The van der Waals surface area contributed by atoms with Gasteiger partial charge in [-0.15, -0.1) is 0 Å². The largest absolute Gasteiger partial charge is 0.464 e. The summed E-state index contributed by atoms with van der Waals surface area (Å²) in [5.41, 5.74) is 0. The number of hydrogen-bond acceptors (Lipinski definition) is 4. The second kappa shape index (κ2) is 8.68. The van der Waals surface area contributed by atoms with Gasteiger partial charge in [-0.2, -0.15) is 0 Å². The average molecular weight is 217 g/mol. The van der Waals surface area contributed by atoms with Crippen molar-refractivity contribution < 1.29 is 14.3 Å². The fourth-order valence-electron chi connectivity index (χ4n) is 1.10. The highest BCUT2D eigenvalue weighted by atomic mass is 16.6. The Morgan fingerprint density at radius 1 is 1.40 bits per heavy atom. The van der Waals surface area contributed by atoms with E-state index in [-0.39, 0.29) is 12.6 Å². The Hall–Kier alpha value is -0.610. The van der Waals surface area contributed by atoms with E-state index in [4.69, 9.17) is 9.47 Å². The molecule has 1 unspecified atom stereocenters. The molecule has 90 valence electrons. The molecule has 1 atom stereocenters. The minimum absolute atomic E-state index is 0.0577. The lowest BCUT2D eigenvalue weighted by molar-refractivity contribution is -0.148. The minimum Gasteiger partial charge on any atom is -0.464 e. The van der Waals surface area contributed by atoms with Gasteiger partial charge in [0.2, 0.25) is 0 Å². The van der Waals surface area contributed by atoms with Crippen LogP contribution in [0.3, 0.4) is 0 Å². The monoisotopic (exact) mass is 217 g/mol. The van der Waals surface area contributed by atoms with Gasteiger partial charge in [-0.3, -0.25) is 0 Å². The molecule has 4 nitrogen and oxygen atoms in total. The van der Waals surface area contributed by atoms with Crippen LogP contribution in [-0.4, -0.2) is 50.3 Å². The van der Waals surface area contributed by atoms with E-state index in [9.17, 15) is 4.79 Å².